The van der Waals surface area contributed by atoms with Crippen LogP contribution in [0.3, 0.4) is 0 Å². The Morgan fingerprint density at radius 1 is 1.24 bits per heavy atom. The Bertz CT molecular complexity index is 577. The monoisotopic (exact) mass is 368 g/mol. The largest absolute Gasteiger partial charge is 0.494 e. The highest BCUT2D eigenvalue weighted by Gasteiger charge is 2.28. The van der Waals surface area contributed by atoms with Gasteiger partial charge in [0.15, 0.2) is 0 Å². The molecule has 1 aromatic carbocycles. The van der Waals surface area contributed by atoms with Crippen LogP contribution in [0.2, 0.25) is 0 Å². The molecule has 0 aromatic heterocycles. The number of carbonyl (C=O) groups excluding carboxylic acids is 2. The molecule has 6 nitrogen and oxygen atoms in total. The van der Waals surface area contributed by atoms with Gasteiger partial charge in [-0.1, -0.05) is 13.8 Å². The van der Waals surface area contributed by atoms with Crippen LogP contribution in [0.5, 0.6) is 5.75 Å². The van der Waals surface area contributed by atoms with Crippen molar-refractivity contribution in [1.29, 1.82) is 0 Å². The van der Waals surface area contributed by atoms with Gasteiger partial charge in [-0.2, -0.15) is 0 Å². The van der Waals surface area contributed by atoms with Gasteiger partial charge in [-0.3, -0.25) is 9.69 Å². The molecule has 1 saturated heterocycles. The molecule has 1 aliphatic heterocycles. The first-order valence-electron chi connectivity index (χ1n) is 8.52. The zero-order valence-electron chi connectivity index (χ0n) is 14.7. The van der Waals surface area contributed by atoms with Crippen LogP contribution in [0.4, 0.5) is 10.5 Å². The lowest BCUT2D eigenvalue weighted by atomic mass is 10.2. The van der Waals surface area contributed by atoms with Crippen LogP contribution >= 0.6 is 11.6 Å². The van der Waals surface area contributed by atoms with Crippen molar-refractivity contribution in [3.8, 4) is 5.75 Å². The first-order valence-corrected chi connectivity index (χ1v) is 9.05. The second-order valence-corrected chi connectivity index (χ2v) is 6.70. The van der Waals surface area contributed by atoms with Crippen molar-refractivity contribution in [3.05, 3.63) is 24.3 Å². The molecular weight excluding hydrogens is 344 g/mol. The summed E-state index contributed by atoms with van der Waals surface area (Å²) in [6.45, 7) is 5.81. The van der Waals surface area contributed by atoms with Gasteiger partial charge < -0.3 is 14.4 Å². The van der Waals surface area contributed by atoms with E-state index in [1.54, 1.807) is 4.90 Å². The van der Waals surface area contributed by atoms with Crippen LogP contribution in [0.1, 0.15) is 20.3 Å². The summed E-state index contributed by atoms with van der Waals surface area (Å²) in [4.78, 5) is 27.5. The second-order valence-electron chi connectivity index (χ2n) is 6.32. The molecule has 0 saturated carbocycles. The quantitative estimate of drug-likeness (QED) is 0.548. The summed E-state index contributed by atoms with van der Waals surface area (Å²) < 4.78 is 10.7. The molecule has 1 aliphatic rings. The maximum atomic E-state index is 12.4. The smallest absolute Gasteiger partial charge is 0.410 e. The van der Waals surface area contributed by atoms with Gasteiger partial charge in [-0.15, -0.1) is 11.6 Å². The van der Waals surface area contributed by atoms with Gasteiger partial charge in [-0.05, 0) is 36.6 Å². The fourth-order valence-corrected chi connectivity index (χ4v) is 2.51. The summed E-state index contributed by atoms with van der Waals surface area (Å²) in [5.74, 6) is 1.46. The van der Waals surface area contributed by atoms with Crippen molar-refractivity contribution in [3.63, 3.8) is 0 Å². The Hall–Kier alpha value is -1.95. The average molecular weight is 369 g/mol. The highest BCUT2D eigenvalue weighted by Crippen LogP contribution is 2.21. The van der Waals surface area contributed by atoms with Crippen molar-refractivity contribution in [2.45, 2.75) is 20.3 Å². The van der Waals surface area contributed by atoms with Crippen LogP contribution in [-0.4, -0.2) is 55.6 Å². The topological polar surface area (TPSA) is 59.1 Å². The van der Waals surface area contributed by atoms with Gasteiger partial charge in [0.25, 0.3) is 0 Å². The number of halogens is 1. The van der Waals surface area contributed by atoms with Crippen molar-refractivity contribution in [2.75, 3.05) is 43.6 Å². The van der Waals surface area contributed by atoms with Crippen LogP contribution in [0.25, 0.3) is 0 Å². The van der Waals surface area contributed by atoms with E-state index in [2.05, 4.69) is 0 Å². The van der Waals surface area contributed by atoms with Crippen molar-refractivity contribution < 1.29 is 19.1 Å². The number of piperazine rings is 1. The molecule has 1 heterocycles. The normalized spacial score (nSPS) is 14.8. The molecule has 7 heteroatoms. The number of nitrogens with zero attached hydrogens (tertiary/aromatic N) is 2. The van der Waals surface area contributed by atoms with E-state index in [1.807, 2.05) is 38.1 Å². The molecule has 25 heavy (non-hydrogen) atoms. The predicted octanol–water partition coefficient (Wildman–Crippen LogP) is 3.14. The molecule has 0 atom stereocenters. The Labute approximate surface area is 153 Å². The number of amides is 2. The number of hydrogen-bond donors (Lipinski definition) is 0. The first kappa shape index (κ1) is 19.4. The van der Waals surface area contributed by atoms with Gasteiger partial charge in [0.05, 0.1) is 13.2 Å². The first-order chi connectivity index (χ1) is 12.0. The lowest BCUT2D eigenvalue weighted by Crippen LogP contribution is -2.52. The lowest BCUT2D eigenvalue weighted by molar-refractivity contribution is -0.120. The molecule has 1 aromatic rings. The molecule has 2 amide bonds. The SMILES string of the molecule is CC(C)COC(=O)N1CCN(c2ccc(OCCCCl)cc2)C(=O)C1. The maximum Gasteiger partial charge on any atom is 0.410 e. The Balaban J connectivity index is 1.88. The van der Waals surface area contributed by atoms with E-state index in [-0.39, 0.29) is 18.4 Å². The molecule has 0 bridgehead atoms. The summed E-state index contributed by atoms with van der Waals surface area (Å²) in [6, 6.07) is 7.36. The lowest BCUT2D eigenvalue weighted by Gasteiger charge is -2.33. The van der Waals surface area contributed by atoms with E-state index in [1.165, 1.54) is 4.90 Å². The highest BCUT2D eigenvalue weighted by molar-refractivity contribution is 6.17. The summed E-state index contributed by atoms with van der Waals surface area (Å²) in [6.07, 6.45) is 0.362. The van der Waals surface area contributed by atoms with Gasteiger partial charge in [0.1, 0.15) is 12.3 Å². The molecule has 0 unspecified atom stereocenters. The van der Waals surface area contributed by atoms with Crippen LogP contribution in [-0.2, 0) is 9.53 Å². The summed E-state index contributed by atoms with van der Waals surface area (Å²) >= 11 is 5.62. The van der Waals surface area contributed by atoms with Crippen molar-refractivity contribution in [2.24, 2.45) is 5.92 Å². The minimum absolute atomic E-state index is 0.0326. The minimum atomic E-state index is -0.426. The molecule has 138 valence electrons. The summed E-state index contributed by atoms with van der Waals surface area (Å²) in [7, 11) is 0. The maximum absolute atomic E-state index is 12.4. The molecular formula is C18H25ClN2O4. The average Bonchev–Trinajstić information content (AvgIpc) is 2.60. The molecule has 0 aliphatic carbocycles. The van der Waals surface area contributed by atoms with E-state index < -0.39 is 6.09 Å². The zero-order chi connectivity index (χ0) is 18.2. The highest BCUT2D eigenvalue weighted by atomic mass is 35.5. The molecule has 0 N–H and O–H groups in total. The molecule has 0 spiro atoms. The third-order valence-electron chi connectivity index (χ3n) is 3.71. The number of rotatable bonds is 7. The zero-order valence-corrected chi connectivity index (χ0v) is 15.5. The standard InChI is InChI=1S/C18H25ClN2O4/c1-14(2)13-25-18(23)20-9-10-21(17(22)12-20)15-4-6-16(7-5-15)24-11-3-8-19/h4-7,14H,3,8-13H2,1-2H3. The van der Waals surface area contributed by atoms with E-state index in [0.717, 1.165) is 17.9 Å². The predicted molar refractivity (Wildman–Crippen MR) is 97.4 cm³/mol. The number of anilines is 1. The Kier molecular flexibility index (Phi) is 7.37. The van der Waals surface area contributed by atoms with Gasteiger partial charge in [0.2, 0.25) is 5.91 Å². The van der Waals surface area contributed by atoms with E-state index in [9.17, 15) is 9.59 Å². The number of carbonyl (C=O) groups is 2. The van der Waals surface area contributed by atoms with E-state index >= 15 is 0 Å². The number of alkyl halides is 1. The Morgan fingerprint density at radius 2 is 1.96 bits per heavy atom. The molecule has 0 radical (unpaired) electrons. The fraction of sp³-hybridized carbons (Fsp3) is 0.556. The van der Waals surface area contributed by atoms with Crippen LogP contribution < -0.4 is 9.64 Å². The summed E-state index contributed by atoms with van der Waals surface area (Å²) in [5, 5.41) is 0. The minimum Gasteiger partial charge on any atom is -0.494 e. The third kappa shape index (κ3) is 5.81. The van der Waals surface area contributed by atoms with E-state index in [4.69, 9.17) is 21.1 Å². The van der Waals surface area contributed by atoms with Gasteiger partial charge >= 0.3 is 6.09 Å². The molecule has 2 rings (SSSR count). The van der Waals surface area contributed by atoms with Crippen LogP contribution in [0, 0.1) is 5.92 Å². The number of benzene rings is 1. The Morgan fingerprint density at radius 3 is 2.56 bits per heavy atom. The van der Waals surface area contributed by atoms with Gasteiger partial charge in [-0.25, -0.2) is 4.79 Å². The van der Waals surface area contributed by atoms with Crippen molar-refractivity contribution >= 4 is 29.3 Å². The number of ether oxygens (including phenoxy) is 2. The second kappa shape index (κ2) is 9.51. The third-order valence-corrected chi connectivity index (χ3v) is 3.98. The van der Waals surface area contributed by atoms with Crippen LogP contribution in [0.15, 0.2) is 24.3 Å². The van der Waals surface area contributed by atoms with Gasteiger partial charge in [0, 0.05) is 24.7 Å². The van der Waals surface area contributed by atoms with E-state index in [0.29, 0.717) is 32.2 Å². The fourth-order valence-electron chi connectivity index (χ4n) is 2.40. The van der Waals surface area contributed by atoms with Crippen molar-refractivity contribution in [1.82, 2.24) is 4.90 Å². The summed E-state index contributed by atoms with van der Waals surface area (Å²) in [5.41, 5.74) is 0.796. The number of hydrogen-bond acceptors (Lipinski definition) is 4. The molecule has 1 fully saturated rings.